The summed E-state index contributed by atoms with van der Waals surface area (Å²) < 4.78 is 0. The predicted molar refractivity (Wildman–Crippen MR) is 83.5 cm³/mol. The summed E-state index contributed by atoms with van der Waals surface area (Å²) in [6.07, 6.45) is 4.61. The van der Waals surface area contributed by atoms with Crippen LogP contribution in [0, 0.1) is 5.92 Å². The van der Waals surface area contributed by atoms with Crippen LogP contribution in [0.4, 0.5) is 0 Å². The summed E-state index contributed by atoms with van der Waals surface area (Å²) in [6.45, 7) is 6.66. The summed E-state index contributed by atoms with van der Waals surface area (Å²) in [5, 5.41) is 0. The van der Waals surface area contributed by atoms with E-state index in [1.807, 2.05) is 6.07 Å². The predicted octanol–water partition coefficient (Wildman–Crippen LogP) is 2.34. The molecule has 2 bridgehead atoms. The Labute approximate surface area is 126 Å². The lowest BCUT2D eigenvalue weighted by atomic mass is 9.81. The van der Waals surface area contributed by atoms with Gasteiger partial charge in [-0.1, -0.05) is 19.1 Å². The van der Waals surface area contributed by atoms with E-state index in [0.29, 0.717) is 6.04 Å². The van der Waals surface area contributed by atoms with Crippen molar-refractivity contribution in [2.24, 2.45) is 5.92 Å². The van der Waals surface area contributed by atoms with Crippen LogP contribution in [0.1, 0.15) is 41.3 Å². The molecule has 1 amide bonds. The normalized spacial score (nSPS) is 31.4. The summed E-state index contributed by atoms with van der Waals surface area (Å²) in [6, 6.07) is 6.72. The third kappa shape index (κ3) is 2.10. The van der Waals surface area contributed by atoms with Gasteiger partial charge in [0, 0.05) is 24.7 Å². The molecule has 3 fully saturated rings. The number of benzene rings is 1. The number of carbonyl (C=O) groups excluding carboxylic acids is 1. The molecule has 0 aliphatic carbocycles. The third-order valence-electron chi connectivity index (χ3n) is 5.77. The molecule has 4 aliphatic heterocycles. The summed E-state index contributed by atoms with van der Waals surface area (Å²) in [5.74, 6) is 1.01. The van der Waals surface area contributed by atoms with Gasteiger partial charge in [0.1, 0.15) is 0 Å². The Hall–Kier alpha value is -1.35. The van der Waals surface area contributed by atoms with Crippen molar-refractivity contribution >= 4 is 5.91 Å². The highest BCUT2D eigenvalue weighted by Gasteiger charge is 2.41. The first-order valence-electron chi connectivity index (χ1n) is 8.42. The molecule has 0 spiro atoms. The maximum atomic E-state index is 13.0. The van der Waals surface area contributed by atoms with Crippen LogP contribution < -0.4 is 0 Å². The molecule has 3 saturated heterocycles. The molecule has 5 rings (SSSR count). The average Bonchev–Trinajstić information content (AvgIpc) is 2.56. The lowest BCUT2D eigenvalue weighted by Gasteiger charge is -2.50. The van der Waals surface area contributed by atoms with Crippen LogP contribution in [0.2, 0.25) is 0 Å². The fraction of sp³-hybridized carbons (Fsp3) is 0.611. The monoisotopic (exact) mass is 284 g/mol. The van der Waals surface area contributed by atoms with Crippen LogP contribution in [0.5, 0.6) is 0 Å². The van der Waals surface area contributed by atoms with Crippen molar-refractivity contribution in [1.29, 1.82) is 0 Å². The Bertz CT molecular complexity index is 560. The number of amides is 1. The minimum absolute atomic E-state index is 0.283. The SMILES string of the molecule is CCc1cccc2c1CCN(C1CN3CCC1CC3)C2=O. The molecule has 3 nitrogen and oxygen atoms in total. The van der Waals surface area contributed by atoms with Crippen molar-refractivity contribution in [2.75, 3.05) is 26.2 Å². The first kappa shape index (κ1) is 13.3. The molecule has 1 aromatic carbocycles. The number of fused-ring (bicyclic) bond motifs is 4. The molecule has 112 valence electrons. The minimum Gasteiger partial charge on any atom is -0.334 e. The molecule has 0 radical (unpaired) electrons. The topological polar surface area (TPSA) is 23.6 Å². The van der Waals surface area contributed by atoms with Gasteiger partial charge in [-0.15, -0.1) is 0 Å². The molecule has 21 heavy (non-hydrogen) atoms. The highest BCUT2D eigenvalue weighted by molar-refractivity contribution is 5.97. The Balaban J connectivity index is 1.63. The van der Waals surface area contributed by atoms with Gasteiger partial charge in [-0.05, 0) is 61.9 Å². The van der Waals surface area contributed by atoms with E-state index in [2.05, 4.69) is 28.9 Å². The average molecular weight is 284 g/mol. The van der Waals surface area contributed by atoms with Crippen molar-refractivity contribution in [3.8, 4) is 0 Å². The second-order valence-electron chi connectivity index (χ2n) is 6.75. The molecular weight excluding hydrogens is 260 g/mol. The van der Waals surface area contributed by atoms with Gasteiger partial charge >= 0.3 is 0 Å². The number of piperidine rings is 3. The van der Waals surface area contributed by atoms with Crippen molar-refractivity contribution in [3.05, 3.63) is 34.9 Å². The Kier molecular flexibility index (Phi) is 3.26. The lowest BCUT2D eigenvalue weighted by Crippen LogP contribution is -2.59. The number of hydrogen-bond donors (Lipinski definition) is 0. The Morgan fingerprint density at radius 2 is 2.00 bits per heavy atom. The molecule has 1 unspecified atom stereocenters. The van der Waals surface area contributed by atoms with E-state index in [1.165, 1.54) is 37.1 Å². The van der Waals surface area contributed by atoms with E-state index in [-0.39, 0.29) is 5.91 Å². The molecule has 1 aromatic rings. The van der Waals surface area contributed by atoms with Crippen LogP contribution in [-0.4, -0.2) is 47.9 Å². The fourth-order valence-corrected chi connectivity index (χ4v) is 4.55. The van der Waals surface area contributed by atoms with Crippen molar-refractivity contribution < 1.29 is 4.79 Å². The Morgan fingerprint density at radius 1 is 1.19 bits per heavy atom. The smallest absolute Gasteiger partial charge is 0.254 e. The Morgan fingerprint density at radius 3 is 2.67 bits per heavy atom. The van der Waals surface area contributed by atoms with Gasteiger partial charge in [0.15, 0.2) is 0 Å². The zero-order valence-electron chi connectivity index (χ0n) is 12.8. The first-order chi connectivity index (χ1) is 10.3. The second kappa shape index (κ2) is 5.13. The van der Waals surface area contributed by atoms with Gasteiger partial charge in [-0.25, -0.2) is 0 Å². The first-order valence-corrected chi connectivity index (χ1v) is 8.42. The van der Waals surface area contributed by atoms with Gasteiger partial charge < -0.3 is 9.80 Å². The largest absolute Gasteiger partial charge is 0.334 e. The van der Waals surface area contributed by atoms with E-state index in [1.54, 1.807) is 0 Å². The van der Waals surface area contributed by atoms with E-state index in [0.717, 1.165) is 37.4 Å². The van der Waals surface area contributed by atoms with Gasteiger partial charge in [0.05, 0.1) is 0 Å². The van der Waals surface area contributed by atoms with Crippen molar-refractivity contribution in [2.45, 2.75) is 38.6 Å². The molecule has 0 saturated carbocycles. The molecule has 1 atom stereocenters. The highest BCUT2D eigenvalue weighted by atomic mass is 16.2. The molecule has 0 N–H and O–H groups in total. The van der Waals surface area contributed by atoms with E-state index in [4.69, 9.17) is 0 Å². The quantitative estimate of drug-likeness (QED) is 0.832. The second-order valence-corrected chi connectivity index (χ2v) is 6.75. The van der Waals surface area contributed by atoms with Gasteiger partial charge in [-0.3, -0.25) is 4.79 Å². The van der Waals surface area contributed by atoms with Crippen LogP contribution in [0.25, 0.3) is 0 Å². The third-order valence-corrected chi connectivity index (χ3v) is 5.77. The van der Waals surface area contributed by atoms with Crippen LogP contribution in [0.15, 0.2) is 18.2 Å². The summed E-state index contributed by atoms with van der Waals surface area (Å²) in [4.78, 5) is 17.7. The number of nitrogens with zero attached hydrogens (tertiary/aromatic N) is 2. The highest BCUT2D eigenvalue weighted by Crippen LogP contribution is 2.34. The van der Waals surface area contributed by atoms with Gasteiger partial charge in [0.25, 0.3) is 5.91 Å². The molecule has 4 aliphatic rings. The molecule has 4 heterocycles. The maximum absolute atomic E-state index is 13.0. The van der Waals surface area contributed by atoms with Crippen molar-refractivity contribution in [3.63, 3.8) is 0 Å². The number of carbonyl (C=O) groups is 1. The van der Waals surface area contributed by atoms with E-state index in [9.17, 15) is 4.79 Å². The van der Waals surface area contributed by atoms with Gasteiger partial charge in [-0.2, -0.15) is 0 Å². The lowest BCUT2D eigenvalue weighted by molar-refractivity contribution is 0.00603. The minimum atomic E-state index is 0.283. The molecule has 0 aromatic heterocycles. The number of hydrogen-bond acceptors (Lipinski definition) is 2. The van der Waals surface area contributed by atoms with E-state index < -0.39 is 0 Å². The fourth-order valence-electron chi connectivity index (χ4n) is 4.55. The molecule has 3 heteroatoms. The maximum Gasteiger partial charge on any atom is 0.254 e. The summed E-state index contributed by atoms with van der Waals surface area (Å²) in [7, 11) is 0. The van der Waals surface area contributed by atoms with Crippen LogP contribution in [0.3, 0.4) is 0 Å². The van der Waals surface area contributed by atoms with Gasteiger partial charge in [0.2, 0.25) is 0 Å². The summed E-state index contributed by atoms with van der Waals surface area (Å²) >= 11 is 0. The zero-order valence-corrected chi connectivity index (χ0v) is 12.8. The van der Waals surface area contributed by atoms with Crippen LogP contribution >= 0.6 is 0 Å². The van der Waals surface area contributed by atoms with E-state index >= 15 is 0 Å². The van der Waals surface area contributed by atoms with Crippen molar-refractivity contribution in [1.82, 2.24) is 9.80 Å². The number of rotatable bonds is 2. The zero-order chi connectivity index (χ0) is 14.4. The number of aryl methyl sites for hydroxylation is 1. The van der Waals surface area contributed by atoms with Crippen LogP contribution in [-0.2, 0) is 12.8 Å². The summed E-state index contributed by atoms with van der Waals surface area (Å²) in [5.41, 5.74) is 3.63. The molecular formula is C18H24N2O. The standard InChI is InChI=1S/C18H24N2O/c1-2-13-4-3-5-16-15(13)8-11-20(18(16)21)17-12-19-9-6-14(17)7-10-19/h3-5,14,17H,2,6-12H2,1H3.